The Labute approximate surface area is 124 Å². The van der Waals surface area contributed by atoms with Crippen LogP contribution in [0.25, 0.3) is 0 Å². The van der Waals surface area contributed by atoms with Gasteiger partial charge in [-0.3, -0.25) is 0 Å². The van der Waals surface area contributed by atoms with Crippen molar-refractivity contribution in [2.24, 2.45) is 0 Å². The summed E-state index contributed by atoms with van der Waals surface area (Å²) in [5.41, 5.74) is 1.06. The van der Waals surface area contributed by atoms with Gasteiger partial charge in [-0.05, 0) is 23.8 Å². The topological polar surface area (TPSA) is 50.2 Å². The number of hydrogen-bond acceptors (Lipinski definition) is 3. The van der Waals surface area contributed by atoms with Gasteiger partial charge in [0, 0.05) is 10.8 Å². The Hall–Kier alpha value is -1.23. The summed E-state index contributed by atoms with van der Waals surface area (Å²) < 4.78 is 0. The lowest BCUT2D eigenvalue weighted by Crippen LogP contribution is -2.01. The van der Waals surface area contributed by atoms with Gasteiger partial charge in [0.25, 0.3) is 0 Å². The summed E-state index contributed by atoms with van der Waals surface area (Å²) in [5.74, 6) is -0.487. The fourth-order valence-electron chi connectivity index (χ4n) is 1.45. The number of carbonyl (C=O) groups is 1. The highest BCUT2D eigenvalue weighted by Gasteiger charge is 2.13. The molecule has 1 N–H and O–H groups in total. The fraction of sp³-hybridized carbons (Fsp3) is 0.0769. The van der Waals surface area contributed by atoms with Crippen molar-refractivity contribution in [2.45, 2.75) is 10.8 Å². The summed E-state index contributed by atoms with van der Waals surface area (Å²) >= 11 is 13.1. The van der Waals surface area contributed by atoms with Crippen LogP contribution in [0.3, 0.4) is 0 Å². The van der Waals surface area contributed by atoms with E-state index in [9.17, 15) is 4.79 Å². The number of halogens is 2. The monoisotopic (exact) mass is 313 g/mol. The van der Waals surface area contributed by atoms with E-state index in [4.69, 9.17) is 28.3 Å². The zero-order valence-corrected chi connectivity index (χ0v) is 12.0. The van der Waals surface area contributed by atoms with Crippen LogP contribution in [0, 0.1) is 0 Å². The summed E-state index contributed by atoms with van der Waals surface area (Å²) in [5, 5.41) is 10.4. The van der Waals surface area contributed by atoms with Gasteiger partial charge >= 0.3 is 5.97 Å². The Kier molecular flexibility index (Phi) is 4.69. The van der Waals surface area contributed by atoms with Gasteiger partial charge in [-0.25, -0.2) is 9.78 Å². The molecule has 1 aromatic heterocycles. The molecule has 0 aliphatic heterocycles. The summed E-state index contributed by atoms with van der Waals surface area (Å²) in [6.45, 7) is 0. The fourth-order valence-corrected chi connectivity index (χ4v) is 2.95. The van der Waals surface area contributed by atoms with Crippen molar-refractivity contribution in [2.75, 3.05) is 0 Å². The first kappa shape index (κ1) is 14.2. The molecule has 2 aromatic rings. The van der Waals surface area contributed by atoms with E-state index in [0.717, 1.165) is 5.56 Å². The van der Waals surface area contributed by atoms with Gasteiger partial charge < -0.3 is 5.11 Å². The van der Waals surface area contributed by atoms with Crippen LogP contribution >= 0.6 is 35.0 Å². The number of nitrogens with zero attached hydrogens (tertiary/aromatic N) is 1. The molecule has 98 valence electrons. The maximum Gasteiger partial charge on any atom is 0.338 e. The average molecular weight is 314 g/mol. The van der Waals surface area contributed by atoms with Crippen LogP contribution < -0.4 is 0 Å². The highest BCUT2D eigenvalue weighted by atomic mass is 35.5. The van der Waals surface area contributed by atoms with Crippen molar-refractivity contribution < 1.29 is 9.90 Å². The number of aromatic carboxylic acids is 1. The Bertz CT molecular complexity index is 619. The van der Waals surface area contributed by atoms with E-state index in [-0.39, 0.29) is 10.7 Å². The number of thioether (sulfide) groups is 1. The first-order valence-electron chi connectivity index (χ1n) is 5.34. The molecular formula is C13H9Cl2NO2S. The lowest BCUT2D eigenvalue weighted by atomic mass is 10.2. The van der Waals surface area contributed by atoms with E-state index >= 15 is 0 Å². The molecule has 0 fully saturated rings. The third-order valence-corrected chi connectivity index (χ3v) is 4.00. The molecule has 0 saturated heterocycles. The van der Waals surface area contributed by atoms with Crippen molar-refractivity contribution in [1.29, 1.82) is 0 Å². The molecule has 1 aromatic carbocycles. The summed E-state index contributed by atoms with van der Waals surface area (Å²) in [4.78, 5) is 15.1. The molecule has 2 rings (SSSR count). The van der Waals surface area contributed by atoms with Crippen LogP contribution in [-0.4, -0.2) is 16.1 Å². The number of carboxylic acids is 1. The number of aromatic nitrogens is 1. The highest BCUT2D eigenvalue weighted by molar-refractivity contribution is 7.98. The Balaban J connectivity index is 2.22. The van der Waals surface area contributed by atoms with Crippen molar-refractivity contribution in [3.8, 4) is 0 Å². The number of benzene rings is 1. The molecule has 0 spiro atoms. The predicted octanol–water partition coefficient (Wildman–Crippen LogP) is 4.38. The van der Waals surface area contributed by atoms with Crippen molar-refractivity contribution in [1.82, 2.24) is 4.98 Å². The molecule has 0 bridgehead atoms. The van der Waals surface area contributed by atoms with Gasteiger partial charge in [0.15, 0.2) is 0 Å². The Morgan fingerprint density at radius 2 is 1.95 bits per heavy atom. The van der Waals surface area contributed by atoms with Gasteiger partial charge in [0.2, 0.25) is 0 Å². The number of pyridine rings is 1. The maximum atomic E-state index is 11.1. The molecule has 0 radical (unpaired) electrons. The van der Waals surface area contributed by atoms with Gasteiger partial charge in [-0.2, -0.15) is 0 Å². The van der Waals surface area contributed by atoms with E-state index in [2.05, 4.69) is 4.98 Å². The third kappa shape index (κ3) is 3.62. The second-order valence-electron chi connectivity index (χ2n) is 3.67. The van der Waals surface area contributed by atoms with Crippen molar-refractivity contribution in [3.63, 3.8) is 0 Å². The average Bonchev–Trinajstić information content (AvgIpc) is 2.37. The molecule has 0 unspecified atom stereocenters. The zero-order chi connectivity index (χ0) is 13.8. The van der Waals surface area contributed by atoms with Crippen LogP contribution in [-0.2, 0) is 5.75 Å². The van der Waals surface area contributed by atoms with Gasteiger partial charge in [-0.1, -0.05) is 41.4 Å². The second-order valence-corrected chi connectivity index (χ2v) is 5.43. The van der Waals surface area contributed by atoms with E-state index in [1.807, 2.05) is 18.2 Å². The van der Waals surface area contributed by atoms with E-state index in [1.54, 1.807) is 6.07 Å². The first-order valence-corrected chi connectivity index (χ1v) is 7.08. The molecular weight excluding hydrogens is 305 g/mol. The van der Waals surface area contributed by atoms with Crippen LogP contribution in [0.4, 0.5) is 0 Å². The van der Waals surface area contributed by atoms with E-state index < -0.39 is 5.97 Å². The SMILES string of the molecule is O=C(O)c1ccc(Cl)nc1SCc1ccccc1Cl. The third-order valence-electron chi connectivity index (χ3n) is 2.38. The minimum Gasteiger partial charge on any atom is -0.478 e. The first-order chi connectivity index (χ1) is 9.08. The molecule has 19 heavy (non-hydrogen) atoms. The zero-order valence-electron chi connectivity index (χ0n) is 9.64. The lowest BCUT2D eigenvalue weighted by molar-refractivity contribution is 0.0692. The van der Waals surface area contributed by atoms with Gasteiger partial charge in [-0.15, -0.1) is 11.8 Å². The molecule has 1 heterocycles. The van der Waals surface area contributed by atoms with Crippen molar-refractivity contribution >= 4 is 40.9 Å². The van der Waals surface area contributed by atoms with Crippen LogP contribution in [0.1, 0.15) is 15.9 Å². The summed E-state index contributed by atoms with van der Waals surface area (Å²) in [6, 6.07) is 10.3. The molecule has 0 amide bonds. The largest absolute Gasteiger partial charge is 0.478 e. The van der Waals surface area contributed by atoms with Crippen LogP contribution in [0.15, 0.2) is 41.4 Å². The predicted molar refractivity (Wildman–Crippen MR) is 77.2 cm³/mol. The van der Waals surface area contributed by atoms with Crippen molar-refractivity contribution in [3.05, 3.63) is 57.7 Å². The van der Waals surface area contributed by atoms with Gasteiger partial charge in [0.1, 0.15) is 10.2 Å². The second kappa shape index (κ2) is 6.28. The molecule has 0 aliphatic rings. The normalized spacial score (nSPS) is 10.4. The smallest absolute Gasteiger partial charge is 0.338 e. The minimum atomic E-state index is -1.02. The molecule has 0 atom stereocenters. The number of carboxylic acid groups (broad SMARTS) is 1. The Morgan fingerprint density at radius 3 is 2.63 bits per heavy atom. The Morgan fingerprint density at radius 1 is 1.21 bits per heavy atom. The number of rotatable bonds is 4. The molecule has 6 heteroatoms. The number of hydrogen-bond donors (Lipinski definition) is 1. The lowest BCUT2D eigenvalue weighted by Gasteiger charge is -2.06. The summed E-state index contributed by atoms with van der Waals surface area (Å²) in [7, 11) is 0. The standard InChI is InChI=1S/C13H9Cl2NO2S/c14-10-4-2-1-3-8(10)7-19-12-9(13(17)18)5-6-11(15)16-12/h1-6H,7H2,(H,17,18). The highest BCUT2D eigenvalue weighted by Crippen LogP contribution is 2.28. The van der Waals surface area contributed by atoms with Gasteiger partial charge in [0.05, 0.1) is 5.56 Å². The van der Waals surface area contributed by atoms with Crippen LogP contribution in [0.5, 0.6) is 0 Å². The molecule has 0 aliphatic carbocycles. The quantitative estimate of drug-likeness (QED) is 0.672. The maximum absolute atomic E-state index is 11.1. The van der Waals surface area contributed by atoms with E-state index in [0.29, 0.717) is 15.8 Å². The molecule has 0 saturated carbocycles. The van der Waals surface area contributed by atoms with E-state index in [1.165, 1.54) is 23.9 Å². The molecule has 3 nitrogen and oxygen atoms in total. The minimum absolute atomic E-state index is 0.140. The van der Waals surface area contributed by atoms with Crippen LogP contribution in [0.2, 0.25) is 10.2 Å². The summed E-state index contributed by atoms with van der Waals surface area (Å²) in [6.07, 6.45) is 0.